The van der Waals surface area contributed by atoms with Gasteiger partial charge in [-0.2, -0.15) is 0 Å². The zero-order valence-electron chi connectivity index (χ0n) is 10.4. The number of rotatable bonds is 3. The van der Waals surface area contributed by atoms with Crippen molar-refractivity contribution < 1.29 is 0 Å². The fourth-order valence-corrected chi connectivity index (χ4v) is 2.50. The monoisotopic (exact) mass is 268 g/mol. The van der Waals surface area contributed by atoms with Crippen LogP contribution >= 0.6 is 11.3 Å². The quantitative estimate of drug-likeness (QED) is 0.791. The first-order chi connectivity index (χ1) is 9.36. The van der Waals surface area contributed by atoms with E-state index in [1.165, 1.54) is 0 Å². The molecule has 94 valence electrons. The van der Waals surface area contributed by atoms with Crippen LogP contribution in [0.3, 0.4) is 0 Å². The van der Waals surface area contributed by atoms with Gasteiger partial charge in [0.15, 0.2) is 5.13 Å². The molecule has 0 spiro atoms. The highest BCUT2D eigenvalue weighted by Gasteiger charge is 2.07. The highest BCUT2D eigenvalue weighted by Crippen LogP contribution is 2.28. The Morgan fingerprint density at radius 3 is 2.53 bits per heavy atom. The van der Waals surface area contributed by atoms with Gasteiger partial charge in [-0.05, 0) is 6.07 Å². The standard InChI is InChI=1S/C14H12N4S/c1-15-14-16-8-13(19-14)12-7-11(17-9-18-12)10-5-3-2-4-6-10/h2-9H,1H3,(H,15,16). The lowest BCUT2D eigenvalue weighted by Crippen LogP contribution is -1.87. The summed E-state index contributed by atoms with van der Waals surface area (Å²) in [5, 5.41) is 3.91. The molecular formula is C14H12N4S. The number of anilines is 1. The van der Waals surface area contributed by atoms with Crippen LogP contribution in [0.5, 0.6) is 0 Å². The Balaban J connectivity index is 2.00. The average molecular weight is 268 g/mol. The van der Waals surface area contributed by atoms with Crippen molar-refractivity contribution >= 4 is 16.5 Å². The highest BCUT2D eigenvalue weighted by atomic mass is 32.1. The minimum absolute atomic E-state index is 0.884. The molecule has 2 aromatic heterocycles. The number of benzene rings is 1. The van der Waals surface area contributed by atoms with Gasteiger partial charge in [0.2, 0.25) is 0 Å². The molecule has 0 aliphatic carbocycles. The summed E-state index contributed by atoms with van der Waals surface area (Å²) >= 11 is 1.58. The molecule has 0 amide bonds. The van der Waals surface area contributed by atoms with Gasteiger partial charge in [0.05, 0.1) is 16.3 Å². The number of hydrogen-bond acceptors (Lipinski definition) is 5. The van der Waals surface area contributed by atoms with Crippen LogP contribution in [0, 0.1) is 0 Å². The second-order valence-electron chi connectivity index (χ2n) is 3.93. The van der Waals surface area contributed by atoms with Gasteiger partial charge in [0.1, 0.15) is 6.33 Å². The molecule has 0 bridgehead atoms. The van der Waals surface area contributed by atoms with Gasteiger partial charge in [-0.25, -0.2) is 15.0 Å². The molecule has 1 aromatic carbocycles. The van der Waals surface area contributed by atoms with Crippen LogP contribution in [0.4, 0.5) is 5.13 Å². The van der Waals surface area contributed by atoms with Crippen molar-refractivity contribution in [3.05, 3.63) is 48.9 Å². The van der Waals surface area contributed by atoms with E-state index in [0.29, 0.717) is 0 Å². The highest BCUT2D eigenvalue weighted by molar-refractivity contribution is 7.18. The Labute approximate surface area is 115 Å². The first-order valence-corrected chi connectivity index (χ1v) is 6.70. The van der Waals surface area contributed by atoms with E-state index in [2.05, 4.69) is 20.3 Å². The Bertz CT molecular complexity index is 679. The summed E-state index contributed by atoms with van der Waals surface area (Å²) in [5.41, 5.74) is 2.90. The third kappa shape index (κ3) is 2.46. The zero-order valence-corrected chi connectivity index (χ0v) is 11.2. The van der Waals surface area contributed by atoms with E-state index in [-0.39, 0.29) is 0 Å². The lowest BCUT2D eigenvalue weighted by molar-refractivity contribution is 1.18. The van der Waals surface area contributed by atoms with Gasteiger partial charge in [-0.1, -0.05) is 41.7 Å². The first kappa shape index (κ1) is 11.8. The second kappa shape index (κ2) is 5.16. The Morgan fingerprint density at radius 2 is 1.79 bits per heavy atom. The summed E-state index contributed by atoms with van der Waals surface area (Å²) in [6.45, 7) is 0. The predicted octanol–water partition coefficient (Wildman–Crippen LogP) is 3.31. The van der Waals surface area contributed by atoms with Crippen LogP contribution in [-0.4, -0.2) is 22.0 Å². The van der Waals surface area contributed by atoms with Gasteiger partial charge in [0, 0.05) is 18.8 Å². The van der Waals surface area contributed by atoms with Gasteiger partial charge >= 0.3 is 0 Å². The molecule has 0 atom stereocenters. The van der Waals surface area contributed by atoms with E-state index >= 15 is 0 Å². The molecule has 3 aromatic rings. The van der Waals surface area contributed by atoms with Gasteiger partial charge < -0.3 is 5.32 Å². The summed E-state index contributed by atoms with van der Waals surface area (Å²) in [5.74, 6) is 0. The van der Waals surface area contributed by atoms with Crippen molar-refractivity contribution in [1.82, 2.24) is 15.0 Å². The van der Waals surface area contributed by atoms with E-state index in [0.717, 1.165) is 27.0 Å². The minimum atomic E-state index is 0.884. The fourth-order valence-electron chi connectivity index (χ4n) is 1.77. The van der Waals surface area contributed by atoms with Crippen molar-refractivity contribution in [1.29, 1.82) is 0 Å². The summed E-state index contributed by atoms with van der Waals surface area (Å²) in [7, 11) is 1.86. The lowest BCUT2D eigenvalue weighted by Gasteiger charge is -2.01. The average Bonchev–Trinajstić information content (AvgIpc) is 2.97. The van der Waals surface area contributed by atoms with Crippen molar-refractivity contribution in [3.63, 3.8) is 0 Å². The molecule has 0 saturated heterocycles. The van der Waals surface area contributed by atoms with Crippen molar-refractivity contribution in [2.75, 3.05) is 12.4 Å². The van der Waals surface area contributed by atoms with E-state index < -0.39 is 0 Å². The fraction of sp³-hybridized carbons (Fsp3) is 0.0714. The third-order valence-corrected chi connectivity index (χ3v) is 3.75. The maximum Gasteiger partial charge on any atom is 0.182 e. The van der Waals surface area contributed by atoms with Crippen LogP contribution < -0.4 is 5.32 Å². The SMILES string of the molecule is CNc1ncc(-c2cc(-c3ccccc3)ncn2)s1. The molecule has 1 N–H and O–H groups in total. The van der Waals surface area contributed by atoms with Crippen LogP contribution in [0.25, 0.3) is 21.8 Å². The summed E-state index contributed by atoms with van der Waals surface area (Å²) in [6.07, 6.45) is 3.42. The Kier molecular flexibility index (Phi) is 3.20. The number of nitrogens with zero attached hydrogens (tertiary/aromatic N) is 3. The summed E-state index contributed by atoms with van der Waals surface area (Å²) in [6, 6.07) is 12.1. The van der Waals surface area contributed by atoms with E-state index in [4.69, 9.17) is 0 Å². The lowest BCUT2D eigenvalue weighted by atomic mass is 10.1. The van der Waals surface area contributed by atoms with E-state index in [1.54, 1.807) is 17.7 Å². The molecule has 4 nitrogen and oxygen atoms in total. The van der Waals surface area contributed by atoms with Crippen LogP contribution in [0.15, 0.2) is 48.9 Å². The molecule has 2 heterocycles. The Morgan fingerprint density at radius 1 is 1.00 bits per heavy atom. The molecule has 0 saturated carbocycles. The van der Waals surface area contributed by atoms with Crippen LogP contribution in [0.2, 0.25) is 0 Å². The zero-order chi connectivity index (χ0) is 13.1. The van der Waals surface area contributed by atoms with Gasteiger partial charge in [0.25, 0.3) is 0 Å². The summed E-state index contributed by atoms with van der Waals surface area (Å²) in [4.78, 5) is 13.9. The van der Waals surface area contributed by atoms with Gasteiger partial charge in [-0.15, -0.1) is 0 Å². The maximum absolute atomic E-state index is 4.32. The third-order valence-electron chi connectivity index (χ3n) is 2.71. The smallest absolute Gasteiger partial charge is 0.182 e. The predicted molar refractivity (Wildman–Crippen MR) is 78.1 cm³/mol. The normalized spacial score (nSPS) is 10.4. The van der Waals surface area contributed by atoms with Crippen molar-refractivity contribution in [2.24, 2.45) is 0 Å². The molecule has 0 fully saturated rings. The molecule has 0 unspecified atom stereocenters. The second-order valence-corrected chi connectivity index (χ2v) is 4.96. The molecule has 0 radical (unpaired) electrons. The molecule has 19 heavy (non-hydrogen) atoms. The first-order valence-electron chi connectivity index (χ1n) is 5.88. The Hall–Kier alpha value is -2.27. The molecule has 3 rings (SSSR count). The minimum Gasteiger partial charge on any atom is -0.365 e. The molecule has 0 aliphatic rings. The van der Waals surface area contributed by atoms with E-state index in [9.17, 15) is 0 Å². The van der Waals surface area contributed by atoms with Crippen molar-refractivity contribution in [3.8, 4) is 21.8 Å². The summed E-state index contributed by atoms with van der Waals surface area (Å²) < 4.78 is 0. The number of aromatic nitrogens is 3. The molecular weight excluding hydrogens is 256 g/mol. The maximum atomic E-state index is 4.32. The van der Waals surface area contributed by atoms with Crippen molar-refractivity contribution in [2.45, 2.75) is 0 Å². The topological polar surface area (TPSA) is 50.7 Å². The molecule has 0 aliphatic heterocycles. The number of nitrogens with one attached hydrogen (secondary N) is 1. The molecule has 5 heteroatoms. The number of hydrogen-bond donors (Lipinski definition) is 1. The number of thiazole rings is 1. The van der Waals surface area contributed by atoms with Crippen LogP contribution in [0.1, 0.15) is 0 Å². The van der Waals surface area contributed by atoms with E-state index in [1.807, 2.05) is 49.6 Å². The van der Waals surface area contributed by atoms with Crippen LogP contribution in [-0.2, 0) is 0 Å². The largest absolute Gasteiger partial charge is 0.365 e. The van der Waals surface area contributed by atoms with Gasteiger partial charge in [-0.3, -0.25) is 0 Å².